The second kappa shape index (κ2) is 6.40. The highest BCUT2D eigenvalue weighted by Gasteiger charge is 2.21. The molecule has 0 unspecified atom stereocenters. The lowest BCUT2D eigenvalue weighted by Crippen LogP contribution is -2.40. The van der Waals surface area contributed by atoms with Crippen LogP contribution < -0.4 is 5.32 Å². The maximum absolute atomic E-state index is 11.7. The maximum Gasteiger partial charge on any atom is 0.411 e. The van der Waals surface area contributed by atoms with Crippen LogP contribution in [0, 0.1) is 0 Å². The van der Waals surface area contributed by atoms with E-state index in [1.165, 1.54) is 0 Å². The molecule has 98 valence electrons. The van der Waals surface area contributed by atoms with Gasteiger partial charge in [-0.1, -0.05) is 25.1 Å². The van der Waals surface area contributed by atoms with Crippen molar-refractivity contribution in [1.82, 2.24) is 4.90 Å². The molecule has 1 N–H and O–H groups in total. The van der Waals surface area contributed by atoms with Gasteiger partial charge in [0, 0.05) is 12.2 Å². The van der Waals surface area contributed by atoms with Gasteiger partial charge in [0.15, 0.2) is 0 Å². The zero-order valence-corrected chi connectivity index (χ0v) is 10.8. The van der Waals surface area contributed by atoms with Crippen molar-refractivity contribution in [1.29, 1.82) is 0 Å². The molecule has 1 amide bonds. The molecule has 1 atom stereocenters. The summed E-state index contributed by atoms with van der Waals surface area (Å²) in [6.45, 7) is 5.10. The number of likely N-dealkylation sites (tertiary alicyclic amines) is 1. The molecule has 0 aliphatic carbocycles. The van der Waals surface area contributed by atoms with Gasteiger partial charge in [0.1, 0.15) is 6.10 Å². The molecule has 0 bridgehead atoms. The zero-order valence-electron chi connectivity index (χ0n) is 10.8. The Morgan fingerprint density at radius 3 is 2.94 bits per heavy atom. The van der Waals surface area contributed by atoms with E-state index < -0.39 is 0 Å². The topological polar surface area (TPSA) is 41.6 Å². The second-order valence-corrected chi connectivity index (χ2v) is 4.55. The van der Waals surface area contributed by atoms with Gasteiger partial charge >= 0.3 is 6.09 Å². The summed E-state index contributed by atoms with van der Waals surface area (Å²) in [4.78, 5) is 14.0. The quantitative estimate of drug-likeness (QED) is 0.894. The molecule has 0 spiro atoms. The van der Waals surface area contributed by atoms with Gasteiger partial charge in [0.05, 0.1) is 0 Å². The number of hydrogen-bond acceptors (Lipinski definition) is 3. The molecule has 1 aromatic rings. The molecule has 1 aromatic carbocycles. The summed E-state index contributed by atoms with van der Waals surface area (Å²) in [6, 6.07) is 9.38. The fraction of sp³-hybridized carbons (Fsp3) is 0.500. The highest BCUT2D eigenvalue weighted by Crippen LogP contribution is 2.14. The molecule has 18 heavy (non-hydrogen) atoms. The van der Waals surface area contributed by atoms with Gasteiger partial charge in [0.25, 0.3) is 0 Å². The van der Waals surface area contributed by atoms with Crippen LogP contribution in [-0.4, -0.2) is 36.7 Å². The van der Waals surface area contributed by atoms with E-state index in [0.29, 0.717) is 0 Å². The number of hydrogen-bond donors (Lipinski definition) is 1. The van der Waals surface area contributed by atoms with Gasteiger partial charge < -0.3 is 4.74 Å². The van der Waals surface area contributed by atoms with Crippen LogP contribution in [0.3, 0.4) is 0 Å². The minimum absolute atomic E-state index is 0.0161. The Morgan fingerprint density at radius 1 is 1.44 bits per heavy atom. The minimum Gasteiger partial charge on any atom is -0.445 e. The Balaban J connectivity index is 1.80. The largest absolute Gasteiger partial charge is 0.445 e. The number of carbonyl (C=O) groups is 1. The lowest BCUT2D eigenvalue weighted by Gasteiger charge is -2.31. The van der Waals surface area contributed by atoms with E-state index >= 15 is 0 Å². The first-order valence-corrected chi connectivity index (χ1v) is 6.53. The molecule has 1 aliphatic heterocycles. The predicted octanol–water partition coefficient (Wildman–Crippen LogP) is 2.72. The van der Waals surface area contributed by atoms with Crippen molar-refractivity contribution in [3.05, 3.63) is 30.3 Å². The number of rotatable bonds is 3. The number of ether oxygens (including phenoxy) is 1. The molecule has 1 fully saturated rings. The first kappa shape index (κ1) is 12.9. The van der Waals surface area contributed by atoms with Crippen molar-refractivity contribution < 1.29 is 9.53 Å². The Morgan fingerprint density at radius 2 is 2.22 bits per heavy atom. The molecule has 0 saturated carbocycles. The first-order valence-electron chi connectivity index (χ1n) is 6.53. The normalized spacial score (nSPS) is 20.4. The van der Waals surface area contributed by atoms with Crippen LogP contribution >= 0.6 is 0 Å². The van der Waals surface area contributed by atoms with Gasteiger partial charge in [-0.05, 0) is 38.1 Å². The number of carbonyl (C=O) groups excluding carboxylic acids is 1. The van der Waals surface area contributed by atoms with E-state index in [-0.39, 0.29) is 12.2 Å². The van der Waals surface area contributed by atoms with Crippen LogP contribution in [-0.2, 0) is 4.74 Å². The average molecular weight is 248 g/mol. The number of nitrogens with one attached hydrogen (secondary N) is 1. The van der Waals surface area contributed by atoms with Gasteiger partial charge in [-0.25, -0.2) is 4.79 Å². The summed E-state index contributed by atoms with van der Waals surface area (Å²) in [5, 5.41) is 2.74. The van der Waals surface area contributed by atoms with Crippen molar-refractivity contribution in [3.8, 4) is 0 Å². The van der Waals surface area contributed by atoms with Crippen molar-refractivity contribution in [2.45, 2.75) is 25.9 Å². The molecule has 1 heterocycles. The van der Waals surface area contributed by atoms with E-state index in [4.69, 9.17) is 4.74 Å². The SMILES string of the molecule is CCN1CCC[C@@H](OC(=O)Nc2ccccc2)C1. The standard InChI is InChI=1S/C14H20N2O2/c1-2-16-10-6-9-13(11-16)18-14(17)15-12-7-4-3-5-8-12/h3-5,7-8,13H,2,6,9-11H2,1H3,(H,15,17)/t13-/m1/s1. The molecule has 4 heteroatoms. The molecule has 2 rings (SSSR count). The second-order valence-electron chi connectivity index (χ2n) is 4.55. The third kappa shape index (κ3) is 3.74. The maximum atomic E-state index is 11.7. The fourth-order valence-electron chi connectivity index (χ4n) is 2.22. The van der Waals surface area contributed by atoms with E-state index in [1.54, 1.807) is 0 Å². The number of amides is 1. The summed E-state index contributed by atoms with van der Waals surface area (Å²) in [5.74, 6) is 0. The van der Waals surface area contributed by atoms with E-state index in [9.17, 15) is 4.79 Å². The van der Waals surface area contributed by atoms with Crippen molar-refractivity contribution in [3.63, 3.8) is 0 Å². The van der Waals surface area contributed by atoms with E-state index in [1.807, 2.05) is 30.3 Å². The van der Waals surface area contributed by atoms with E-state index in [0.717, 1.165) is 38.2 Å². The number of benzene rings is 1. The molecular weight excluding hydrogens is 228 g/mol. The van der Waals surface area contributed by atoms with Crippen LogP contribution in [0.1, 0.15) is 19.8 Å². The molecule has 1 saturated heterocycles. The molecule has 0 radical (unpaired) electrons. The predicted molar refractivity (Wildman–Crippen MR) is 71.7 cm³/mol. The summed E-state index contributed by atoms with van der Waals surface area (Å²) in [7, 11) is 0. The summed E-state index contributed by atoms with van der Waals surface area (Å²) >= 11 is 0. The molecule has 0 aromatic heterocycles. The van der Waals surface area contributed by atoms with Crippen molar-refractivity contribution in [2.75, 3.05) is 25.0 Å². The van der Waals surface area contributed by atoms with Crippen LogP contribution in [0.2, 0.25) is 0 Å². The van der Waals surface area contributed by atoms with Gasteiger partial charge in [-0.15, -0.1) is 0 Å². The van der Waals surface area contributed by atoms with Crippen LogP contribution in [0.25, 0.3) is 0 Å². The number of likely N-dealkylation sites (N-methyl/N-ethyl adjacent to an activating group) is 1. The average Bonchev–Trinajstić information content (AvgIpc) is 2.40. The van der Waals surface area contributed by atoms with Crippen molar-refractivity contribution in [2.24, 2.45) is 0 Å². The number of piperidine rings is 1. The van der Waals surface area contributed by atoms with Gasteiger partial charge in [0.2, 0.25) is 0 Å². The van der Waals surface area contributed by atoms with Gasteiger partial charge in [-0.3, -0.25) is 10.2 Å². The third-order valence-corrected chi connectivity index (χ3v) is 3.20. The Kier molecular flexibility index (Phi) is 4.59. The van der Waals surface area contributed by atoms with Crippen molar-refractivity contribution >= 4 is 11.8 Å². The third-order valence-electron chi connectivity index (χ3n) is 3.20. The number of nitrogens with zero attached hydrogens (tertiary/aromatic N) is 1. The lowest BCUT2D eigenvalue weighted by atomic mass is 10.1. The van der Waals surface area contributed by atoms with E-state index in [2.05, 4.69) is 17.1 Å². The van der Waals surface area contributed by atoms with Crippen LogP contribution in [0.4, 0.5) is 10.5 Å². The Labute approximate surface area is 108 Å². The van der Waals surface area contributed by atoms with Gasteiger partial charge in [-0.2, -0.15) is 0 Å². The Bertz CT molecular complexity index is 381. The smallest absolute Gasteiger partial charge is 0.411 e. The summed E-state index contributed by atoms with van der Waals surface area (Å²) in [5.41, 5.74) is 0.769. The molecule has 1 aliphatic rings. The fourth-order valence-corrected chi connectivity index (χ4v) is 2.22. The summed E-state index contributed by atoms with van der Waals surface area (Å²) < 4.78 is 5.44. The monoisotopic (exact) mass is 248 g/mol. The number of para-hydroxylation sites is 1. The molecular formula is C14H20N2O2. The van der Waals surface area contributed by atoms with Crippen LogP contribution in [0.15, 0.2) is 30.3 Å². The zero-order chi connectivity index (χ0) is 12.8. The summed E-state index contributed by atoms with van der Waals surface area (Å²) in [6.07, 6.45) is 1.71. The Hall–Kier alpha value is -1.55. The highest BCUT2D eigenvalue weighted by molar-refractivity contribution is 5.84. The first-order chi connectivity index (χ1) is 8.78. The lowest BCUT2D eigenvalue weighted by molar-refractivity contribution is 0.0520. The molecule has 4 nitrogen and oxygen atoms in total. The highest BCUT2D eigenvalue weighted by atomic mass is 16.6. The van der Waals surface area contributed by atoms with Crippen LogP contribution in [0.5, 0.6) is 0 Å². The number of anilines is 1. The minimum atomic E-state index is -0.357.